The van der Waals surface area contributed by atoms with Gasteiger partial charge in [-0.3, -0.25) is 9.69 Å². The topological polar surface area (TPSA) is 60.3 Å². The Morgan fingerprint density at radius 2 is 2.22 bits per heavy atom. The molecule has 6 heteroatoms. The van der Waals surface area contributed by atoms with E-state index in [1.54, 1.807) is 6.21 Å². The molecule has 0 saturated carbocycles. The zero-order chi connectivity index (χ0) is 13.0. The zero-order valence-corrected chi connectivity index (χ0v) is 10.7. The molecule has 0 aromatic carbocycles. The fourth-order valence-electron chi connectivity index (χ4n) is 2.10. The van der Waals surface area contributed by atoms with Gasteiger partial charge in [0.25, 0.3) is 0 Å². The molecule has 18 heavy (non-hydrogen) atoms. The van der Waals surface area contributed by atoms with E-state index >= 15 is 0 Å². The number of hydrazone groups is 1. The number of carbonyl (C=O) groups excluding carboxylic acids is 1. The maximum Gasteiger partial charge on any atom is 0.246 e. The van der Waals surface area contributed by atoms with Crippen molar-refractivity contribution in [2.24, 2.45) is 10.1 Å². The maximum atomic E-state index is 11.4. The number of nitrogens with one attached hydrogen (secondary N) is 1. The van der Waals surface area contributed by atoms with E-state index in [0.717, 1.165) is 25.3 Å². The lowest BCUT2D eigenvalue weighted by molar-refractivity contribution is -0.125. The lowest BCUT2D eigenvalue weighted by atomic mass is 10.4. The van der Waals surface area contributed by atoms with Crippen molar-refractivity contribution in [1.29, 1.82) is 0 Å². The van der Waals surface area contributed by atoms with Crippen LogP contribution in [0.3, 0.4) is 0 Å². The summed E-state index contributed by atoms with van der Waals surface area (Å²) >= 11 is 0. The molecule has 2 heterocycles. The third kappa shape index (κ3) is 3.16. The Morgan fingerprint density at radius 1 is 1.50 bits per heavy atom. The largest absolute Gasteiger partial charge is 0.327 e. The minimum atomic E-state index is -0.161. The summed E-state index contributed by atoms with van der Waals surface area (Å²) in [5.41, 5.74) is 0.846. The van der Waals surface area contributed by atoms with Crippen LogP contribution in [0.25, 0.3) is 0 Å². The molecule has 0 atom stereocenters. The van der Waals surface area contributed by atoms with E-state index in [0.29, 0.717) is 12.5 Å². The average Bonchev–Trinajstić information content (AvgIpc) is 2.82. The van der Waals surface area contributed by atoms with Crippen LogP contribution in [0.5, 0.6) is 0 Å². The standard InChI is InChI=1S/C12H19N5O/c1-10(9-16-7-3-4-8-16)15-12-13-5-6-14-17(12)11(2)18/h6H,1,3-5,7-9H2,2H3,(H,13,15). The SMILES string of the molecule is C=C(CN1CCCC1)NC1=NCC=NN1C(C)=O. The van der Waals surface area contributed by atoms with Gasteiger partial charge in [0.05, 0.1) is 6.54 Å². The lowest BCUT2D eigenvalue weighted by Crippen LogP contribution is -2.43. The van der Waals surface area contributed by atoms with E-state index in [-0.39, 0.29) is 5.91 Å². The molecule has 0 spiro atoms. The summed E-state index contributed by atoms with van der Waals surface area (Å²) in [6, 6.07) is 0. The summed E-state index contributed by atoms with van der Waals surface area (Å²) in [7, 11) is 0. The molecule has 0 unspecified atom stereocenters. The summed E-state index contributed by atoms with van der Waals surface area (Å²) < 4.78 is 0. The number of likely N-dealkylation sites (tertiary alicyclic amines) is 1. The second-order valence-electron chi connectivity index (χ2n) is 4.50. The summed E-state index contributed by atoms with van der Waals surface area (Å²) in [6.07, 6.45) is 4.10. The van der Waals surface area contributed by atoms with Crippen LogP contribution in [0.15, 0.2) is 22.4 Å². The van der Waals surface area contributed by atoms with Crippen LogP contribution in [0.2, 0.25) is 0 Å². The molecule has 1 saturated heterocycles. The Hall–Kier alpha value is -1.69. The fraction of sp³-hybridized carbons (Fsp3) is 0.583. The zero-order valence-electron chi connectivity index (χ0n) is 10.7. The highest BCUT2D eigenvalue weighted by Gasteiger charge is 2.19. The van der Waals surface area contributed by atoms with E-state index < -0.39 is 0 Å². The Labute approximate surface area is 107 Å². The molecule has 6 nitrogen and oxygen atoms in total. The second kappa shape index (κ2) is 5.77. The van der Waals surface area contributed by atoms with E-state index in [9.17, 15) is 4.79 Å². The summed E-state index contributed by atoms with van der Waals surface area (Å²) in [5.74, 6) is 0.306. The lowest BCUT2D eigenvalue weighted by Gasteiger charge is -2.23. The third-order valence-corrected chi connectivity index (χ3v) is 2.92. The van der Waals surface area contributed by atoms with Crippen molar-refractivity contribution in [2.75, 3.05) is 26.2 Å². The highest BCUT2D eigenvalue weighted by atomic mass is 16.2. The number of amides is 1. The van der Waals surface area contributed by atoms with Crippen LogP contribution >= 0.6 is 0 Å². The Morgan fingerprint density at radius 3 is 2.89 bits per heavy atom. The van der Waals surface area contributed by atoms with Gasteiger partial charge in [-0.15, -0.1) is 0 Å². The first-order valence-electron chi connectivity index (χ1n) is 6.21. The van der Waals surface area contributed by atoms with Gasteiger partial charge in [-0.1, -0.05) is 6.58 Å². The normalized spacial score (nSPS) is 19.8. The molecule has 0 aromatic heterocycles. The maximum absolute atomic E-state index is 11.4. The number of hydrogen-bond donors (Lipinski definition) is 1. The highest BCUT2D eigenvalue weighted by molar-refractivity contribution is 5.98. The second-order valence-corrected chi connectivity index (χ2v) is 4.50. The van der Waals surface area contributed by atoms with Gasteiger partial charge in [-0.25, -0.2) is 4.99 Å². The van der Waals surface area contributed by atoms with Gasteiger partial charge in [0.15, 0.2) is 0 Å². The predicted molar refractivity (Wildman–Crippen MR) is 71.3 cm³/mol. The van der Waals surface area contributed by atoms with E-state index in [2.05, 4.69) is 26.9 Å². The summed E-state index contributed by atoms with van der Waals surface area (Å²) in [6.45, 7) is 8.95. The van der Waals surface area contributed by atoms with Gasteiger partial charge in [0.1, 0.15) is 0 Å². The molecule has 98 valence electrons. The van der Waals surface area contributed by atoms with Crippen molar-refractivity contribution in [3.05, 3.63) is 12.3 Å². The van der Waals surface area contributed by atoms with Gasteiger partial charge in [0, 0.05) is 25.4 Å². The number of carbonyl (C=O) groups is 1. The predicted octanol–water partition coefficient (Wildman–Crippen LogP) is 0.389. The molecule has 1 fully saturated rings. The van der Waals surface area contributed by atoms with Crippen molar-refractivity contribution in [2.45, 2.75) is 19.8 Å². The van der Waals surface area contributed by atoms with Crippen molar-refractivity contribution >= 4 is 18.1 Å². The van der Waals surface area contributed by atoms with Crippen LogP contribution < -0.4 is 5.32 Å². The van der Waals surface area contributed by atoms with Crippen molar-refractivity contribution in [3.8, 4) is 0 Å². The van der Waals surface area contributed by atoms with Crippen molar-refractivity contribution in [3.63, 3.8) is 0 Å². The highest BCUT2D eigenvalue weighted by Crippen LogP contribution is 2.08. The van der Waals surface area contributed by atoms with Crippen molar-refractivity contribution < 1.29 is 4.79 Å². The van der Waals surface area contributed by atoms with Crippen LogP contribution in [0, 0.1) is 0 Å². The molecule has 0 aliphatic carbocycles. The van der Waals surface area contributed by atoms with Gasteiger partial charge >= 0.3 is 0 Å². The summed E-state index contributed by atoms with van der Waals surface area (Å²) in [5, 5.41) is 8.35. The quantitative estimate of drug-likeness (QED) is 0.787. The first kappa shape index (κ1) is 12.8. The first-order chi connectivity index (χ1) is 8.66. The number of aliphatic imine (C=N–C) groups is 1. The minimum Gasteiger partial charge on any atom is -0.327 e. The molecule has 0 aromatic rings. The van der Waals surface area contributed by atoms with Crippen LogP contribution in [0.1, 0.15) is 19.8 Å². The Kier molecular flexibility index (Phi) is 4.09. The molecular weight excluding hydrogens is 230 g/mol. The number of rotatable bonds is 3. The molecule has 1 amide bonds. The fourth-order valence-corrected chi connectivity index (χ4v) is 2.10. The molecule has 0 bridgehead atoms. The van der Waals surface area contributed by atoms with Crippen molar-refractivity contribution in [1.82, 2.24) is 15.2 Å². The van der Waals surface area contributed by atoms with Gasteiger partial charge in [0.2, 0.25) is 11.9 Å². The number of hydrogen-bond acceptors (Lipinski definition) is 5. The minimum absolute atomic E-state index is 0.161. The molecule has 2 aliphatic rings. The number of nitrogens with zero attached hydrogens (tertiary/aromatic N) is 4. The first-order valence-corrected chi connectivity index (χ1v) is 6.21. The van der Waals surface area contributed by atoms with Gasteiger partial charge in [-0.05, 0) is 25.9 Å². The summed E-state index contributed by atoms with van der Waals surface area (Å²) in [4.78, 5) is 17.9. The van der Waals surface area contributed by atoms with E-state index in [4.69, 9.17) is 0 Å². The Balaban J connectivity index is 1.89. The molecule has 2 aliphatic heterocycles. The van der Waals surface area contributed by atoms with Crippen LogP contribution in [-0.4, -0.2) is 54.2 Å². The monoisotopic (exact) mass is 249 g/mol. The smallest absolute Gasteiger partial charge is 0.246 e. The Bertz CT molecular complexity index is 395. The average molecular weight is 249 g/mol. The molecule has 1 N–H and O–H groups in total. The molecule has 0 radical (unpaired) electrons. The van der Waals surface area contributed by atoms with E-state index in [1.807, 2.05) is 0 Å². The van der Waals surface area contributed by atoms with Crippen LogP contribution in [0.4, 0.5) is 0 Å². The third-order valence-electron chi connectivity index (χ3n) is 2.92. The van der Waals surface area contributed by atoms with Crippen LogP contribution in [-0.2, 0) is 4.79 Å². The van der Waals surface area contributed by atoms with Gasteiger partial charge in [-0.2, -0.15) is 10.1 Å². The van der Waals surface area contributed by atoms with E-state index in [1.165, 1.54) is 24.8 Å². The molecule has 2 rings (SSSR count). The molecular formula is C12H19N5O. The number of guanidine groups is 1. The van der Waals surface area contributed by atoms with Gasteiger partial charge < -0.3 is 5.32 Å².